The molecular weight excluding hydrogens is 284 g/mol. The molecule has 0 atom stereocenters. The van der Waals surface area contributed by atoms with Crippen LogP contribution < -0.4 is 4.74 Å². The van der Waals surface area contributed by atoms with Gasteiger partial charge in [0.25, 0.3) is 0 Å². The van der Waals surface area contributed by atoms with E-state index in [0.717, 1.165) is 54.1 Å². The SMILES string of the molecule is COc1ccc(C2=NN=C(N3CCN(C)CC3)SC2)cc1. The van der Waals surface area contributed by atoms with Crippen molar-refractivity contribution >= 4 is 22.6 Å². The van der Waals surface area contributed by atoms with E-state index in [1.807, 2.05) is 24.3 Å². The van der Waals surface area contributed by atoms with Crippen LogP contribution in [-0.4, -0.2) is 66.8 Å². The number of ether oxygens (including phenoxy) is 1. The van der Waals surface area contributed by atoms with Gasteiger partial charge in [-0.15, -0.1) is 5.10 Å². The lowest BCUT2D eigenvalue weighted by atomic mass is 10.1. The first-order valence-electron chi connectivity index (χ1n) is 7.11. The van der Waals surface area contributed by atoms with Crippen LogP contribution in [0, 0.1) is 0 Å². The van der Waals surface area contributed by atoms with E-state index < -0.39 is 0 Å². The van der Waals surface area contributed by atoms with Crippen LogP contribution in [0.1, 0.15) is 5.56 Å². The van der Waals surface area contributed by atoms with E-state index in [0.29, 0.717) is 0 Å². The molecule has 21 heavy (non-hydrogen) atoms. The molecule has 0 aromatic heterocycles. The molecule has 1 aromatic rings. The first-order valence-corrected chi connectivity index (χ1v) is 8.10. The Labute approximate surface area is 129 Å². The second-order valence-electron chi connectivity index (χ2n) is 5.24. The zero-order chi connectivity index (χ0) is 14.7. The summed E-state index contributed by atoms with van der Waals surface area (Å²) in [6.45, 7) is 4.26. The normalized spacial score (nSPS) is 20.0. The molecule has 0 N–H and O–H groups in total. The van der Waals surface area contributed by atoms with Crippen LogP contribution in [0.4, 0.5) is 0 Å². The van der Waals surface area contributed by atoms with Crippen molar-refractivity contribution in [2.45, 2.75) is 0 Å². The third-order valence-corrected chi connectivity index (χ3v) is 4.81. The Morgan fingerprint density at radius 2 is 1.76 bits per heavy atom. The van der Waals surface area contributed by atoms with Crippen molar-refractivity contribution in [3.05, 3.63) is 29.8 Å². The number of benzene rings is 1. The summed E-state index contributed by atoms with van der Waals surface area (Å²) in [5.74, 6) is 1.74. The number of likely N-dealkylation sites (N-methyl/N-ethyl adjacent to an activating group) is 1. The number of thioether (sulfide) groups is 1. The lowest BCUT2D eigenvalue weighted by molar-refractivity contribution is 0.218. The predicted molar refractivity (Wildman–Crippen MR) is 88.5 cm³/mol. The molecule has 112 valence electrons. The minimum atomic E-state index is 0.865. The smallest absolute Gasteiger partial charge is 0.186 e. The highest BCUT2D eigenvalue weighted by atomic mass is 32.2. The number of hydrogen-bond donors (Lipinski definition) is 0. The first-order chi connectivity index (χ1) is 10.3. The summed E-state index contributed by atoms with van der Waals surface area (Å²) < 4.78 is 5.18. The lowest BCUT2D eigenvalue weighted by Gasteiger charge is -2.34. The monoisotopic (exact) mass is 304 g/mol. The van der Waals surface area contributed by atoms with Gasteiger partial charge in [0.1, 0.15) is 5.75 Å². The predicted octanol–water partition coefficient (Wildman–Crippen LogP) is 1.75. The first kappa shape index (κ1) is 14.4. The maximum atomic E-state index is 5.18. The highest BCUT2D eigenvalue weighted by molar-refractivity contribution is 8.14. The van der Waals surface area contributed by atoms with E-state index in [2.05, 4.69) is 27.1 Å². The van der Waals surface area contributed by atoms with Crippen molar-refractivity contribution < 1.29 is 4.74 Å². The molecule has 0 spiro atoms. The minimum Gasteiger partial charge on any atom is -0.497 e. The molecule has 2 aliphatic heterocycles. The summed E-state index contributed by atoms with van der Waals surface area (Å²) in [6, 6.07) is 7.99. The fraction of sp³-hybridized carbons (Fsp3) is 0.467. The summed E-state index contributed by atoms with van der Waals surface area (Å²) in [6.07, 6.45) is 0. The van der Waals surface area contributed by atoms with E-state index in [4.69, 9.17) is 4.74 Å². The summed E-state index contributed by atoms with van der Waals surface area (Å²) >= 11 is 1.78. The van der Waals surface area contributed by atoms with Gasteiger partial charge < -0.3 is 14.5 Å². The fourth-order valence-electron chi connectivity index (χ4n) is 2.37. The molecule has 3 rings (SSSR count). The molecule has 1 fully saturated rings. The molecule has 0 bridgehead atoms. The highest BCUT2D eigenvalue weighted by Gasteiger charge is 2.21. The third-order valence-electron chi connectivity index (χ3n) is 3.79. The van der Waals surface area contributed by atoms with Crippen molar-refractivity contribution in [1.29, 1.82) is 0 Å². The van der Waals surface area contributed by atoms with E-state index >= 15 is 0 Å². The van der Waals surface area contributed by atoms with Crippen molar-refractivity contribution in [2.24, 2.45) is 10.2 Å². The van der Waals surface area contributed by atoms with Crippen LogP contribution in [0.5, 0.6) is 5.75 Å². The van der Waals surface area contributed by atoms with Crippen LogP contribution in [0.3, 0.4) is 0 Å². The number of nitrogens with zero attached hydrogens (tertiary/aromatic N) is 4. The van der Waals surface area contributed by atoms with Crippen LogP contribution in [-0.2, 0) is 0 Å². The molecular formula is C15H20N4OS. The van der Waals surface area contributed by atoms with Gasteiger partial charge in [-0.3, -0.25) is 0 Å². The van der Waals surface area contributed by atoms with Gasteiger partial charge in [0.05, 0.1) is 12.8 Å². The van der Waals surface area contributed by atoms with Gasteiger partial charge in [0.15, 0.2) is 5.17 Å². The number of piperazine rings is 1. The van der Waals surface area contributed by atoms with Crippen LogP contribution in [0.15, 0.2) is 34.5 Å². The number of methoxy groups -OCH3 is 1. The lowest BCUT2D eigenvalue weighted by Crippen LogP contribution is -2.46. The van der Waals surface area contributed by atoms with Crippen LogP contribution >= 0.6 is 11.8 Å². The van der Waals surface area contributed by atoms with E-state index in [-0.39, 0.29) is 0 Å². The zero-order valence-corrected chi connectivity index (χ0v) is 13.3. The Morgan fingerprint density at radius 3 is 2.33 bits per heavy atom. The largest absolute Gasteiger partial charge is 0.497 e. The Balaban J connectivity index is 1.69. The van der Waals surface area contributed by atoms with Gasteiger partial charge in [-0.05, 0) is 36.9 Å². The van der Waals surface area contributed by atoms with E-state index in [9.17, 15) is 0 Å². The van der Waals surface area contributed by atoms with Gasteiger partial charge in [-0.25, -0.2) is 0 Å². The molecule has 2 aliphatic rings. The molecule has 1 saturated heterocycles. The topological polar surface area (TPSA) is 40.4 Å². The van der Waals surface area contributed by atoms with Crippen molar-refractivity contribution in [3.63, 3.8) is 0 Å². The average molecular weight is 304 g/mol. The molecule has 0 radical (unpaired) electrons. The third kappa shape index (κ3) is 3.39. The van der Waals surface area contributed by atoms with Gasteiger partial charge >= 0.3 is 0 Å². The summed E-state index contributed by atoms with van der Waals surface area (Å²) in [5.41, 5.74) is 2.14. The fourth-order valence-corrected chi connectivity index (χ4v) is 3.32. The Kier molecular flexibility index (Phi) is 4.45. The maximum absolute atomic E-state index is 5.18. The number of hydrogen-bond acceptors (Lipinski definition) is 6. The average Bonchev–Trinajstić information content (AvgIpc) is 2.56. The molecule has 0 saturated carbocycles. The van der Waals surface area contributed by atoms with Crippen molar-refractivity contribution in [2.75, 3.05) is 46.1 Å². The number of amidine groups is 1. The van der Waals surface area contributed by atoms with E-state index in [1.54, 1.807) is 18.9 Å². The minimum absolute atomic E-state index is 0.865. The molecule has 0 unspecified atom stereocenters. The van der Waals surface area contributed by atoms with Gasteiger partial charge in [0.2, 0.25) is 0 Å². The van der Waals surface area contributed by atoms with Crippen LogP contribution in [0.25, 0.3) is 0 Å². The second-order valence-corrected chi connectivity index (χ2v) is 6.18. The Bertz CT molecular complexity index is 547. The summed E-state index contributed by atoms with van der Waals surface area (Å²) in [5, 5.41) is 9.90. The maximum Gasteiger partial charge on any atom is 0.186 e. The molecule has 0 aliphatic carbocycles. The van der Waals surface area contributed by atoms with Gasteiger partial charge in [0, 0.05) is 31.9 Å². The molecule has 0 amide bonds. The van der Waals surface area contributed by atoms with Crippen molar-refractivity contribution in [1.82, 2.24) is 9.80 Å². The van der Waals surface area contributed by atoms with Crippen LogP contribution in [0.2, 0.25) is 0 Å². The standard InChI is InChI=1S/C15H20N4OS/c1-18-7-9-19(10-8-18)15-17-16-14(11-21-15)12-3-5-13(20-2)6-4-12/h3-6H,7-11H2,1-2H3. The Morgan fingerprint density at radius 1 is 1.05 bits per heavy atom. The van der Waals surface area contributed by atoms with Gasteiger partial charge in [-0.2, -0.15) is 5.10 Å². The molecule has 6 heteroatoms. The molecule has 5 nitrogen and oxygen atoms in total. The quantitative estimate of drug-likeness (QED) is 0.834. The zero-order valence-electron chi connectivity index (χ0n) is 12.5. The highest BCUT2D eigenvalue weighted by Crippen LogP contribution is 2.20. The van der Waals surface area contributed by atoms with Crippen molar-refractivity contribution in [3.8, 4) is 5.75 Å². The summed E-state index contributed by atoms with van der Waals surface area (Å²) in [4.78, 5) is 4.68. The Hall–Kier alpha value is -1.53. The molecule has 1 aromatic carbocycles. The van der Waals surface area contributed by atoms with Gasteiger partial charge in [-0.1, -0.05) is 11.8 Å². The molecule has 2 heterocycles. The van der Waals surface area contributed by atoms with E-state index in [1.165, 1.54) is 0 Å². The second kappa shape index (κ2) is 6.49. The number of rotatable bonds is 2. The summed E-state index contributed by atoms with van der Waals surface area (Å²) in [7, 11) is 3.84.